The molecule has 1 amide bonds. The van der Waals surface area contributed by atoms with Gasteiger partial charge in [0, 0.05) is 43.0 Å². The molecule has 1 aliphatic carbocycles. The van der Waals surface area contributed by atoms with Crippen molar-refractivity contribution >= 4 is 27.5 Å². The van der Waals surface area contributed by atoms with Gasteiger partial charge in [-0.15, -0.1) is 0 Å². The van der Waals surface area contributed by atoms with Crippen LogP contribution in [-0.2, 0) is 28.4 Å². The first-order valence-electron chi connectivity index (χ1n) is 13.2. The van der Waals surface area contributed by atoms with Crippen molar-refractivity contribution in [3.05, 3.63) is 101 Å². The zero-order chi connectivity index (χ0) is 25.8. The lowest BCUT2D eigenvalue weighted by molar-refractivity contribution is 0.0746. The third-order valence-corrected chi connectivity index (χ3v) is 9.03. The van der Waals surface area contributed by atoms with Crippen LogP contribution in [0.5, 0.6) is 0 Å². The third-order valence-electron chi connectivity index (χ3n) is 7.34. The van der Waals surface area contributed by atoms with E-state index < -0.39 is 9.84 Å². The molecule has 0 spiro atoms. The van der Waals surface area contributed by atoms with Crippen LogP contribution in [0.2, 0.25) is 0 Å². The van der Waals surface area contributed by atoms with Gasteiger partial charge in [0.15, 0.2) is 9.84 Å². The lowest BCUT2D eigenvalue weighted by Gasteiger charge is -2.37. The fraction of sp³-hybridized carbons (Fsp3) is 0.323. The smallest absolute Gasteiger partial charge is 0.254 e. The van der Waals surface area contributed by atoms with Gasteiger partial charge in [-0.2, -0.15) is 0 Å². The van der Waals surface area contributed by atoms with Crippen LogP contribution in [0.15, 0.2) is 77.7 Å². The number of rotatable bonds is 8. The Morgan fingerprint density at radius 1 is 0.892 bits per heavy atom. The number of piperazine rings is 1. The maximum Gasteiger partial charge on any atom is 0.254 e. The summed E-state index contributed by atoms with van der Waals surface area (Å²) in [6.45, 7) is 4.87. The number of amides is 1. The minimum absolute atomic E-state index is 0.0762. The number of sulfone groups is 1. The van der Waals surface area contributed by atoms with E-state index in [1.807, 2.05) is 29.2 Å². The summed E-state index contributed by atoms with van der Waals surface area (Å²) in [5.74, 6) is -0.192. The molecule has 6 heteroatoms. The van der Waals surface area contributed by atoms with Gasteiger partial charge in [0.05, 0.1) is 10.6 Å². The molecule has 0 N–H and O–H groups in total. The fourth-order valence-corrected chi connectivity index (χ4v) is 6.58. The second kappa shape index (κ2) is 10.9. The number of hydrogen-bond acceptors (Lipinski definition) is 4. The lowest BCUT2D eigenvalue weighted by atomic mass is 10.1. The summed E-state index contributed by atoms with van der Waals surface area (Å²) in [5, 5.41) is 0. The van der Waals surface area contributed by atoms with Crippen LogP contribution in [0.1, 0.15) is 52.4 Å². The van der Waals surface area contributed by atoms with E-state index in [1.165, 1.54) is 28.4 Å². The second-order valence-corrected chi connectivity index (χ2v) is 11.9. The van der Waals surface area contributed by atoms with Crippen LogP contribution in [0.25, 0.3) is 6.08 Å². The quantitative estimate of drug-likeness (QED) is 0.396. The highest BCUT2D eigenvalue weighted by molar-refractivity contribution is 7.90. The Morgan fingerprint density at radius 2 is 1.62 bits per heavy atom. The summed E-state index contributed by atoms with van der Waals surface area (Å²) in [6.07, 6.45) is 8.62. The number of hydrogen-bond donors (Lipinski definition) is 0. The molecule has 0 unspecified atom stereocenters. The van der Waals surface area contributed by atoms with Crippen molar-refractivity contribution < 1.29 is 13.2 Å². The van der Waals surface area contributed by atoms with E-state index >= 15 is 0 Å². The minimum atomic E-state index is -3.57. The topological polar surface area (TPSA) is 57.7 Å². The van der Waals surface area contributed by atoms with Crippen molar-refractivity contribution in [2.24, 2.45) is 0 Å². The molecule has 37 heavy (non-hydrogen) atoms. The number of fused-ring (bicyclic) bond motifs is 1. The molecule has 1 aliphatic heterocycles. The van der Waals surface area contributed by atoms with E-state index in [2.05, 4.69) is 42.2 Å². The summed E-state index contributed by atoms with van der Waals surface area (Å²) < 4.78 is 26.3. The van der Waals surface area contributed by atoms with Gasteiger partial charge in [-0.25, -0.2) is 8.42 Å². The second-order valence-electron chi connectivity index (χ2n) is 9.94. The van der Waals surface area contributed by atoms with Crippen LogP contribution in [0.3, 0.4) is 0 Å². The average molecular weight is 515 g/mol. The first-order valence-corrected chi connectivity index (χ1v) is 14.8. The summed E-state index contributed by atoms with van der Waals surface area (Å²) in [7, 11) is -3.57. The third kappa shape index (κ3) is 5.64. The van der Waals surface area contributed by atoms with E-state index in [0.29, 0.717) is 18.7 Å². The van der Waals surface area contributed by atoms with Crippen LogP contribution in [0, 0.1) is 0 Å². The zero-order valence-electron chi connectivity index (χ0n) is 21.4. The highest BCUT2D eigenvalue weighted by atomic mass is 32.2. The number of anilines is 1. The Bertz CT molecular complexity index is 1400. The Morgan fingerprint density at radius 3 is 2.38 bits per heavy atom. The predicted molar refractivity (Wildman–Crippen MR) is 150 cm³/mol. The monoisotopic (exact) mass is 514 g/mol. The molecular formula is C31H34N2O3S. The van der Waals surface area contributed by atoms with Crippen molar-refractivity contribution in [2.45, 2.75) is 43.3 Å². The van der Waals surface area contributed by atoms with Gasteiger partial charge in [0.25, 0.3) is 5.91 Å². The van der Waals surface area contributed by atoms with Crippen molar-refractivity contribution in [3.63, 3.8) is 0 Å². The number of nitrogens with zero attached hydrogens (tertiary/aromatic N) is 2. The molecule has 1 heterocycles. The molecule has 0 saturated carbocycles. The number of carbonyl (C=O) groups excluding carboxylic acids is 1. The molecule has 0 aromatic heterocycles. The highest BCUT2D eigenvalue weighted by Gasteiger charge is 2.25. The van der Waals surface area contributed by atoms with E-state index in [4.69, 9.17) is 0 Å². The van der Waals surface area contributed by atoms with Crippen LogP contribution in [0.4, 0.5) is 5.69 Å². The molecule has 0 atom stereocenters. The van der Waals surface area contributed by atoms with E-state index in [-0.39, 0.29) is 16.6 Å². The Kier molecular flexibility index (Phi) is 7.47. The molecule has 1 saturated heterocycles. The lowest BCUT2D eigenvalue weighted by Crippen LogP contribution is -2.49. The van der Waals surface area contributed by atoms with E-state index in [1.54, 1.807) is 18.2 Å². The molecule has 5 nitrogen and oxygen atoms in total. The van der Waals surface area contributed by atoms with Gasteiger partial charge in [0.1, 0.15) is 0 Å². The normalized spacial score (nSPS) is 15.2. The number of benzene rings is 3. The van der Waals surface area contributed by atoms with E-state index in [9.17, 15) is 13.2 Å². The van der Waals surface area contributed by atoms with Gasteiger partial charge in [0.2, 0.25) is 0 Å². The molecule has 1 fully saturated rings. The Labute approximate surface area is 220 Å². The van der Waals surface area contributed by atoms with Crippen LogP contribution < -0.4 is 4.90 Å². The van der Waals surface area contributed by atoms with E-state index in [0.717, 1.165) is 44.3 Å². The number of aryl methyl sites for hydroxylation is 1. The van der Waals surface area contributed by atoms with Crippen molar-refractivity contribution in [1.82, 2.24) is 4.90 Å². The molecule has 3 aromatic carbocycles. The van der Waals surface area contributed by atoms with Crippen molar-refractivity contribution in [1.29, 1.82) is 0 Å². The number of allylic oxidation sites excluding steroid dienone is 1. The Balaban J connectivity index is 1.24. The summed E-state index contributed by atoms with van der Waals surface area (Å²) in [4.78, 5) is 17.7. The summed E-state index contributed by atoms with van der Waals surface area (Å²) in [6, 6.07) is 20.8. The average Bonchev–Trinajstić information content (AvgIpc) is 3.42. The molecule has 192 valence electrons. The van der Waals surface area contributed by atoms with Gasteiger partial charge in [-0.3, -0.25) is 4.79 Å². The predicted octanol–water partition coefficient (Wildman–Crippen LogP) is 5.53. The maximum atomic E-state index is 13.3. The standard InChI is InChI=1S/C31H34N2O3S/c1-2-3-7-24-14-16-25(17-15-24)23-37(35,36)28-11-4-10-27(22-28)31(34)33-20-18-32(19-21-33)30-13-6-9-26-8-5-12-29(26)30/h4-6,9-17,22H,2-3,7-8,18-21,23H2,1H3. The van der Waals surface area contributed by atoms with Crippen LogP contribution >= 0.6 is 0 Å². The fourth-order valence-electron chi connectivity index (χ4n) is 5.19. The first kappa shape index (κ1) is 25.3. The van der Waals surface area contributed by atoms with Gasteiger partial charge in [-0.05, 0) is 60.2 Å². The number of carbonyl (C=O) groups is 1. The largest absolute Gasteiger partial charge is 0.367 e. The highest BCUT2D eigenvalue weighted by Crippen LogP contribution is 2.31. The molecule has 2 aliphatic rings. The summed E-state index contributed by atoms with van der Waals surface area (Å²) >= 11 is 0. The molecular weight excluding hydrogens is 480 g/mol. The zero-order valence-corrected chi connectivity index (χ0v) is 22.2. The summed E-state index contributed by atoms with van der Waals surface area (Å²) in [5.41, 5.74) is 6.27. The number of unbranched alkanes of at least 4 members (excludes halogenated alkanes) is 1. The molecule has 3 aromatic rings. The Hall–Kier alpha value is -3.38. The van der Waals surface area contributed by atoms with Crippen LogP contribution in [-0.4, -0.2) is 45.4 Å². The van der Waals surface area contributed by atoms with Crippen molar-refractivity contribution in [3.8, 4) is 0 Å². The maximum absolute atomic E-state index is 13.3. The molecule has 5 rings (SSSR count). The van der Waals surface area contributed by atoms with Gasteiger partial charge in [-0.1, -0.05) is 68.0 Å². The van der Waals surface area contributed by atoms with Crippen molar-refractivity contribution in [2.75, 3.05) is 31.1 Å². The SMILES string of the molecule is CCCCc1ccc(CS(=O)(=O)c2cccc(C(=O)N3CCN(c4cccc5c4C=CC5)CC3)c2)cc1. The molecule has 0 radical (unpaired) electrons. The first-order chi connectivity index (χ1) is 17.9. The molecule has 0 bridgehead atoms. The minimum Gasteiger partial charge on any atom is -0.367 e. The van der Waals surface area contributed by atoms with Gasteiger partial charge >= 0.3 is 0 Å². The van der Waals surface area contributed by atoms with Gasteiger partial charge < -0.3 is 9.80 Å².